The van der Waals surface area contributed by atoms with Gasteiger partial charge in [-0.15, -0.1) is 11.3 Å². The summed E-state index contributed by atoms with van der Waals surface area (Å²) in [5, 5.41) is 16.8. The Labute approximate surface area is 159 Å². The summed E-state index contributed by atoms with van der Waals surface area (Å²) < 4.78 is 46.6. The zero-order valence-electron chi connectivity index (χ0n) is 15.1. The second-order valence-electron chi connectivity index (χ2n) is 6.94. The number of aliphatic hydroxyl groups excluding tert-OH is 1. The summed E-state index contributed by atoms with van der Waals surface area (Å²) in [4.78, 5) is 3.79. The fourth-order valence-electron chi connectivity index (χ4n) is 4.15. The minimum atomic E-state index is -4.50. The largest absolute Gasteiger partial charge is 0.425 e. The van der Waals surface area contributed by atoms with Crippen LogP contribution < -0.4 is 11.2 Å². The number of nitrogens with two attached hydrogens (primary N) is 1. The summed E-state index contributed by atoms with van der Waals surface area (Å²) >= 11 is 0.693. The van der Waals surface area contributed by atoms with Crippen molar-refractivity contribution in [2.24, 2.45) is 15.9 Å². The average Bonchev–Trinajstić information content (AvgIpc) is 2.99. The number of ether oxygens (including phenoxy) is 1. The lowest BCUT2D eigenvalue weighted by Gasteiger charge is -2.46. The number of nitrogens with zero attached hydrogens (tertiary/aromatic N) is 2. The number of hydrogen-bond acceptors (Lipinski definition) is 7. The van der Waals surface area contributed by atoms with Gasteiger partial charge in [-0.2, -0.15) is 18.3 Å². The maximum Gasteiger partial charge on any atom is 0.425 e. The zero-order chi connectivity index (χ0) is 19.8. The Kier molecular flexibility index (Phi) is 5.62. The van der Waals surface area contributed by atoms with Crippen molar-refractivity contribution in [3.63, 3.8) is 0 Å². The molecule has 27 heavy (non-hydrogen) atoms. The Hall–Kier alpha value is -1.49. The van der Waals surface area contributed by atoms with Crippen molar-refractivity contribution in [3.05, 3.63) is 20.9 Å². The second kappa shape index (κ2) is 7.50. The maximum atomic E-state index is 13.5. The third-order valence-electron chi connectivity index (χ3n) is 5.10. The Morgan fingerprint density at radius 3 is 2.81 bits per heavy atom. The van der Waals surface area contributed by atoms with Gasteiger partial charge in [0.2, 0.25) is 0 Å². The summed E-state index contributed by atoms with van der Waals surface area (Å²) in [7, 11) is 1.60. The Bertz CT molecular complexity index is 762. The van der Waals surface area contributed by atoms with Crippen LogP contribution in [0, 0.1) is 0 Å². The molecule has 3 heterocycles. The number of hydrazone groups is 1. The molecule has 0 aliphatic carbocycles. The fraction of sp³-hybridized carbons (Fsp3) is 0.647. The van der Waals surface area contributed by atoms with E-state index in [1.54, 1.807) is 13.3 Å². The van der Waals surface area contributed by atoms with Gasteiger partial charge >= 0.3 is 6.18 Å². The molecule has 1 unspecified atom stereocenters. The number of alkyl halides is 3. The van der Waals surface area contributed by atoms with Gasteiger partial charge in [0.15, 0.2) is 0 Å². The number of nitrogens with one attached hydrogen (secondary N) is 1. The van der Waals surface area contributed by atoms with Crippen LogP contribution in [0.3, 0.4) is 0 Å². The van der Waals surface area contributed by atoms with E-state index in [9.17, 15) is 18.3 Å². The number of aliphatic hydroxyl groups is 1. The summed E-state index contributed by atoms with van der Waals surface area (Å²) in [6, 6.07) is -0.312. The highest BCUT2D eigenvalue weighted by molar-refractivity contribution is 7.12. The predicted molar refractivity (Wildman–Crippen MR) is 98.2 cm³/mol. The molecule has 0 saturated carbocycles. The molecule has 3 rings (SSSR count). The average molecular weight is 404 g/mol. The highest BCUT2D eigenvalue weighted by Crippen LogP contribution is 2.51. The lowest BCUT2D eigenvalue weighted by molar-refractivity contribution is -0.135. The van der Waals surface area contributed by atoms with Crippen LogP contribution in [0.25, 0.3) is 0 Å². The van der Waals surface area contributed by atoms with Gasteiger partial charge in [0.1, 0.15) is 10.5 Å². The molecule has 1 aromatic rings. The van der Waals surface area contributed by atoms with E-state index >= 15 is 0 Å². The first-order valence-corrected chi connectivity index (χ1v) is 9.50. The van der Waals surface area contributed by atoms with E-state index in [2.05, 4.69) is 15.4 Å². The van der Waals surface area contributed by atoms with Gasteiger partial charge < -0.3 is 21.0 Å². The predicted octanol–water partition coefficient (Wildman–Crippen LogP) is 2.18. The molecule has 1 aromatic heterocycles. The molecule has 1 spiro atoms. The molecule has 1 fully saturated rings. The minimum absolute atomic E-state index is 0.0178. The third-order valence-corrected chi connectivity index (χ3v) is 6.60. The van der Waals surface area contributed by atoms with E-state index < -0.39 is 23.3 Å². The van der Waals surface area contributed by atoms with Crippen LogP contribution in [0.4, 0.5) is 13.2 Å². The highest BCUT2D eigenvalue weighted by Gasteiger charge is 2.49. The van der Waals surface area contributed by atoms with Crippen molar-refractivity contribution in [1.82, 2.24) is 5.32 Å². The van der Waals surface area contributed by atoms with E-state index in [1.165, 1.54) is 0 Å². The molecule has 1 saturated heterocycles. The van der Waals surface area contributed by atoms with Crippen molar-refractivity contribution in [1.29, 1.82) is 0 Å². The molecule has 2 aliphatic rings. The maximum absolute atomic E-state index is 13.5. The first kappa shape index (κ1) is 20.2. The summed E-state index contributed by atoms with van der Waals surface area (Å²) in [6.07, 6.45) is -1.67. The van der Waals surface area contributed by atoms with Gasteiger partial charge in [-0.3, -0.25) is 4.99 Å². The molecule has 0 bridgehead atoms. The van der Waals surface area contributed by atoms with E-state index in [-0.39, 0.29) is 17.6 Å². The van der Waals surface area contributed by atoms with E-state index in [0.29, 0.717) is 53.4 Å². The van der Waals surface area contributed by atoms with Gasteiger partial charge in [0.25, 0.3) is 0 Å². The molecule has 6 nitrogen and oxygen atoms in total. The molecule has 4 N–H and O–H groups in total. The van der Waals surface area contributed by atoms with Crippen LogP contribution >= 0.6 is 11.3 Å². The van der Waals surface area contributed by atoms with Crippen LogP contribution in [-0.2, 0) is 29.5 Å². The van der Waals surface area contributed by atoms with Gasteiger partial charge in [0, 0.05) is 36.2 Å². The standard InChI is InChI=1S/C17H23F3N4O2S/c1-9-5-16(6-12(23-9)13(24-21)7-22-2)14-10(3-4-26-16)11(8-25)15(27-14)17(18,19)20/h7,9,12,23,25H,3-6,8,21H2,1-2H3/b22-7?,24-13+/t9-,12-,16?/m0/s1. The molecule has 150 valence electrons. The number of halogens is 3. The number of hydrogen-bond donors (Lipinski definition) is 3. The summed E-state index contributed by atoms with van der Waals surface area (Å²) in [5.74, 6) is 5.49. The zero-order valence-corrected chi connectivity index (χ0v) is 16.0. The Morgan fingerprint density at radius 1 is 1.48 bits per heavy atom. The Balaban J connectivity index is 2.09. The molecule has 0 amide bonds. The summed E-state index contributed by atoms with van der Waals surface area (Å²) in [5.41, 5.74) is 0.215. The van der Waals surface area contributed by atoms with Crippen molar-refractivity contribution in [2.75, 3.05) is 13.7 Å². The van der Waals surface area contributed by atoms with E-state index in [4.69, 9.17) is 10.6 Å². The van der Waals surface area contributed by atoms with Crippen molar-refractivity contribution in [2.45, 2.75) is 56.7 Å². The quantitative estimate of drug-likeness (QED) is 0.409. The SMILES string of the molecule is CN=C/C(=N\N)[C@@H]1CC2(C[C@H](C)N1)OCCc1c2sc(C(F)(F)F)c1CO. The number of rotatable bonds is 3. The number of fused-ring (bicyclic) bond motifs is 2. The van der Waals surface area contributed by atoms with E-state index in [0.717, 1.165) is 0 Å². The molecule has 0 aromatic carbocycles. The lowest BCUT2D eigenvalue weighted by atomic mass is 9.78. The van der Waals surface area contributed by atoms with Crippen LogP contribution in [0.1, 0.15) is 40.6 Å². The number of aliphatic imine (C=N–C) groups is 1. The van der Waals surface area contributed by atoms with Crippen molar-refractivity contribution < 1.29 is 23.0 Å². The van der Waals surface area contributed by atoms with E-state index in [1.807, 2.05) is 6.92 Å². The third kappa shape index (κ3) is 3.63. The van der Waals surface area contributed by atoms with Crippen LogP contribution in [0.5, 0.6) is 0 Å². The number of thiophene rings is 1. The smallest absolute Gasteiger partial charge is 0.392 e. The second-order valence-corrected chi connectivity index (χ2v) is 7.96. The topological polar surface area (TPSA) is 92.2 Å². The molecule has 10 heteroatoms. The normalized spacial score (nSPS) is 29.5. The first-order chi connectivity index (χ1) is 12.8. The van der Waals surface area contributed by atoms with Crippen molar-refractivity contribution >= 4 is 23.3 Å². The van der Waals surface area contributed by atoms with Gasteiger partial charge in [-0.05, 0) is 25.3 Å². The monoisotopic (exact) mass is 404 g/mol. The fourth-order valence-corrected chi connectivity index (χ4v) is 5.54. The lowest BCUT2D eigenvalue weighted by Crippen LogP contribution is -2.56. The van der Waals surface area contributed by atoms with Crippen molar-refractivity contribution in [3.8, 4) is 0 Å². The Morgan fingerprint density at radius 2 is 2.22 bits per heavy atom. The molecule has 2 aliphatic heterocycles. The molecule has 0 radical (unpaired) electrons. The highest BCUT2D eigenvalue weighted by atomic mass is 32.1. The van der Waals surface area contributed by atoms with Gasteiger partial charge in [0.05, 0.1) is 25.0 Å². The molecule has 3 atom stereocenters. The molecular weight excluding hydrogens is 381 g/mol. The summed E-state index contributed by atoms with van der Waals surface area (Å²) in [6.45, 7) is 1.63. The molecular formula is C17H23F3N4O2S. The van der Waals surface area contributed by atoms with Crippen LogP contribution in [0.2, 0.25) is 0 Å². The van der Waals surface area contributed by atoms with Crippen LogP contribution in [-0.4, -0.2) is 42.8 Å². The van der Waals surface area contributed by atoms with Gasteiger partial charge in [-0.1, -0.05) is 0 Å². The van der Waals surface area contributed by atoms with Gasteiger partial charge in [-0.25, -0.2) is 0 Å². The first-order valence-electron chi connectivity index (χ1n) is 8.68. The minimum Gasteiger partial charge on any atom is -0.392 e. The van der Waals surface area contributed by atoms with Crippen LogP contribution in [0.15, 0.2) is 10.1 Å². The number of piperidine rings is 1.